The molecule has 1 unspecified atom stereocenters. The van der Waals surface area contributed by atoms with Gasteiger partial charge in [-0.25, -0.2) is 0 Å². The van der Waals surface area contributed by atoms with Crippen LogP contribution < -0.4 is 15.3 Å². The van der Waals surface area contributed by atoms with Crippen LogP contribution in [0.4, 0.5) is 0 Å². The Labute approximate surface area is 125 Å². The largest absolute Gasteiger partial charge is 4.00 e. The molecule has 0 heterocycles. The molecule has 0 saturated carbocycles. The summed E-state index contributed by atoms with van der Waals surface area (Å²) >= 11 is 0. The summed E-state index contributed by atoms with van der Waals surface area (Å²) in [5.74, 6) is 0.575. The van der Waals surface area contributed by atoms with Gasteiger partial charge in [-0.1, -0.05) is 25.8 Å². The molecule has 4 heteroatoms. The molecule has 1 aliphatic rings. The van der Waals surface area contributed by atoms with Crippen LogP contribution in [0.15, 0.2) is 29.8 Å². The van der Waals surface area contributed by atoms with Crippen molar-refractivity contribution >= 4 is 0 Å². The molecule has 2 rings (SSSR count). The van der Waals surface area contributed by atoms with E-state index in [2.05, 4.69) is 44.2 Å². The van der Waals surface area contributed by atoms with Crippen molar-refractivity contribution < 1.29 is 37.0 Å². The van der Waals surface area contributed by atoms with E-state index in [0.717, 1.165) is 21.3 Å². The first kappa shape index (κ1) is 22.7. The first-order valence-electron chi connectivity index (χ1n) is 5.21. The summed E-state index contributed by atoms with van der Waals surface area (Å²) < 4.78 is 0. The van der Waals surface area contributed by atoms with Gasteiger partial charge in [-0.3, -0.25) is 0 Å². The van der Waals surface area contributed by atoms with Crippen LogP contribution in [0.1, 0.15) is 30.9 Å². The number of fused-ring (bicyclic) bond motifs is 1. The van der Waals surface area contributed by atoms with Crippen molar-refractivity contribution in [2.45, 2.75) is 19.8 Å². The zero-order valence-corrected chi connectivity index (χ0v) is 13.2. The summed E-state index contributed by atoms with van der Waals surface area (Å²) in [6, 6.07) is 8.47. The van der Waals surface area contributed by atoms with Gasteiger partial charge >= 0.3 is 21.7 Å². The molecule has 0 N–H and O–H groups in total. The van der Waals surface area contributed by atoms with Crippen LogP contribution in [-0.2, 0) is 21.7 Å². The van der Waals surface area contributed by atoms with E-state index in [9.17, 15) is 0 Å². The van der Waals surface area contributed by atoms with Crippen molar-refractivity contribution in [1.82, 2.24) is 0 Å². The van der Waals surface area contributed by atoms with Gasteiger partial charge in [0.25, 0.3) is 0 Å². The molecule has 18 heavy (non-hydrogen) atoms. The molecule has 1 atom stereocenters. The standard InChI is InChI=1S/C11H11.3CH3O.Ti/c1-8-7-10-5-3-4-6-11(10)9(8)2;3*1-2;/h3-6,9H,1-2H3;3*1H3;/q4*-1;+4. The molecule has 3 nitrogen and oxygen atoms in total. The maximum absolute atomic E-state index is 8.25. The van der Waals surface area contributed by atoms with Crippen LogP contribution >= 0.6 is 0 Å². The zero-order chi connectivity index (χ0) is 13.8. The van der Waals surface area contributed by atoms with Crippen molar-refractivity contribution in [1.29, 1.82) is 0 Å². The fraction of sp³-hybridized carbons (Fsp3) is 0.429. The van der Waals surface area contributed by atoms with Gasteiger partial charge in [-0.2, -0.15) is 39.0 Å². The molecule has 0 radical (unpaired) electrons. The van der Waals surface area contributed by atoms with Crippen LogP contribution in [0.3, 0.4) is 0 Å². The summed E-state index contributed by atoms with van der Waals surface area (Å²) in [5, 5.41) is 24.8. The van der Waals surface area contributed by atoms with Gasteiger partial charge in [0, 0.05) is 0 Å². The predicted molar refractivity (Wildman–Crippen MR) is 64.2 cm³/mol. The number of hydrogen-bond donors (Lipinski definition) is 0. The van der Waals surface area contributed by atoms with Gasteiger partial charge in [0.1, 0.15) is 0 Å². The predicted octanol–water partition coefficient (Wildman–Crippen LogP) is -0.172. The molecule has 0 fully saturated rings. The fourth-order valence-electron chi connectivity index (χ4n) is 1.54. The molecule has 0 amide bonds. The second kappa shape index (κ2) is 14.6. The molecular weight excluding hydrogens is 264 g/mol. The van der Waals surface area contributed by atoms with E-state index in [-0.39, 0.29) is 21.7 Å². The minimum absolute atomic E-state index is 0. The number of benzene rings is 1. The molecule has 1 aromatic rings. The van der Waals surface area contributed by atoms with Crippen LogP contribution in [0.25, 0.3) is 0 Å². The topological polar surface area (TPSA) is 69.2 Å². The molecule has 1 aromatic carbocycles. The Kier molecular flexibility index (Phi) is 18.4. The zero-order valence-electron chi connectivity index (χ0n) is 11.6. The summed E-state index contributed by atoms with van der Waals surface area (Å²) in [7, 11) is 2.25. The van der Waals surface area contributed by atoms with E-state index < -0.39 is 0 Å². The third kappa shape index (κ3) is 6.48. The molecule has 0 aromatic heterocycles. The van der Waals surface area contributed by atoms with E-state index in [4.69, 9.17) is 15.3 Å². The quantitative estimate of drug-likeness (QED) is 0.490. The third-order valence-corrected chi connectivity index (χ3v) is 2.41. The van der Waals surface area contributed by atoms with Crippen molar-refractivity contribution in [3.8, 4) is 0 Å². The summed E-state index contributed by atoms with van der Waals surface area (Å²) in [4.78, 5) is 0. The Morgan fingerprint density at radius 1 is 0.944 bits per heavy atom. The molecule has 0 bridgehead atoms. The number of hydrogen-bond acceptors (Lipinski definition) is 3. The van der Waals surface area contributed by atoms with Gasteiger partial charge in [-0.05, 0) is 0 Å². The van der Waals surface area contributed by atoms with Crippen molar-refractivity contribution in [2.75, 3.05) is 21.3 Å². The van der Waals surface area contributed by atoms with Crippen LogP contribution in [0.5, 0.6) is 0 Å². The summed E-state index contributed by atoms with van der Waals surface area (Å²) in [6.45, 7) is 4.37. The minimum Gasteiger partial charge on any atom is -0.857 e. The second-order valence-electron chi connectivity index (χ2n) is 3.12. The fourth-order valence-corrected chi connectivity index (χ4v) is 1.54. The molecule has 0 saturated heterocycles. The van der Waals surface area contributed by atoms with E-state index in [1.54, 1.807) is 0 Å². The first-order valence-corrected chi connectivity index (χ1v) is 5.21. The minimum atomic E-state index is 0. The maximum atomic E-state index is 8.25. The molecule has 0 aliphatic heterocycles. The number of rotatable bonds is 0. The Balaban J connectivity index is -0.000000285. The third-order valence-electron chi connectivity index (χ3n) is 2.41. The van der Waals surface area contributed by atoms with Crippen molar-refractivity contribution in [3.63, 3.8) is 0 Å². The smallest absolute Gasteiger partial charge is 0.857 e. The maximum Gasteiger partial charge on any atom is 4.00 e. The average molecular weight is 284 g/mol. The monoisotopic (exact) mass is 284 g/mol. The molecule has 0 spiro atoms. The van der Waals surface area contributed by atoms with E-state index in [1.807, 2.05) is 0 Å². The van der Waals surface area contributed by atoms with Crippen molar-refractivity contribution in [2.24, 2.45) is 0 Å². The van der Waals surface area contributed by atoms with Gasteiger partial charge in [0.05, 0.1) is 0 Å². The van der Waals surface area contributed by atoms with Crippen molar-refractivity contribution in [3.05, 3.63) is 47.0 Å². The average Bonchev–Trinajstić information content (AvgIpc) is 2.73. The van der Waals surface area contributed by atoms with Crippen LogP contribution in [0, 0.1) is 6.08 Å². The van der Waals surface area contributed by atoms with Gasteiger partial charge in [0.2, 0.25) is 0 Å². The van der Waals surface area contributed by atoms with Crippen LogP contribution in [0.2, 0.25) is 0 Å². The van der Waals surface area contributed by atoms with Crippen LogP contribution in [-0.4, -0.2) is 21.3 Å². The van der Waals surface area contributed by atoms with E-state index in [1.165, 1.54) is 16.7 Å². The molecular formula is C14H20O3Ti. The van der Waals surface area contributed by atoms with Gasteiger partial charge in [-0.15, -0.1) is 23.3 Å². The molecule has 98 valence electrons. The van der Waals surface area contributed by atoms with E-state index in [0.29, 0.717) is 5.92 Å². The Hall–Kier alpha value is -0.446. The number of allylic oxidation sites excluding steroid dienone is 1. The Bertz CT molecular complexity index is 325. The Morgan fingerprint density at radius 2 is 1.39 bits per heavy atom. The summed E-state index contributed by atoms with van der Waals surface area (Å²) in [6.07, 6.45) is 3.36. The Morgan fingerprint density at radius 3 is 1.83 bits per heavy atom. The van der Waals surface area contributed by atoms with E-state index >= 15 is 0 Å². The SMILES string of the molecule is CC1=[C-]c2ccccc2C1C.C[O-].C[O-].C[O-].[Ti+4]. The first-order chi connectivity index (χ1) is 8.29. The molecule has 1 aliphatic carbocycles. The second-order valence-corrected chi connectivity index (χ2v) is 3.12. The van der Waals surface area contributed by atoms with Gasteiger partial charge < -0.3 is 15.3 Å². The summed E-state index contributed by atoms with van der Waals surface area (Å²) in [5.41, 5.74) is 4.05. The normalized spacial score (nSPS) is 14.0. The van der Waals surface area contributed by atoms with Gasteiger partial charge in [0.15, 0.2) is 0 Å².